The van der Waals surface area contributed by atoms with Gasteiger partial charge in [-0.1, -0.05) is 12.8 Å². The molecule has 0 bridgehead atoms. The molecule has 1 nitrogen and oxygen atoms in total. The van der Waals surface area contributed by atoms with Gasteiger partial charge >= 0.3 is 0 Å². The van der Waals surface area contributed by atoms with E-state index in [0.717, 1.165) is 18.3 Å². The number of rotatable bonds is 4. The van der Waals surface area contributed by atoms with Crippen molar-refractivity contribution in [3.63, 3.8) is 0 Å². The van der Waals surface area contributed by atoms with E-state index in [1.54, 1.807) is 0 Å². The van der Waals surface area contributed by atoms with Crippen LogP contribution in [0.5, 0.6) is 0 Å². The Balaban J connectivity index is 1.91. The van der Waals surface area contributed by atoms with Crippen molar-refractivity contribution in [1.82, 2.24) is 5.32 Å². The summed E-state index contributed by atoms with van der Waals surface area (Å²) in [7, 11) is 0. The molecule has 0 aromatic heterocycles. The summed E-state index contributed by atoms with van der Waals surface area (Å²) in [5, 5.41) is 3.35. The molecule has 1 rings (SSSR count). The summed E-state index contributed by atoms with van der Waals surface area (Å²) in [6, 6.07) is 0. The lowest BCUT2D eigenvalue weighted by Crippen LogP contribution is -2.22. The first-order valence-electron chi connectivity index (χ1n) is 4.20. The first-order valence-corrected chi connectivity index (χ1v) is 4.73. The number of alkyl halides is 1. The Kier molecular flexibility index (Phi) is 4.15. The van der Waals surface area contributed by atoms with Crippen LogP contribution in [0, 0.1) is 5.92 Å². The summed E-state index contributed by atoms with van der Waals surface area (Å²) in [6.45, 7) is 2.16. The molecule has 0 spiro atoms. The van der Waals surface area contributed by atoms with Crippen molar-refractivity contribution < 1.29 is 0 Å². The SMILES string of the molecule is ClCCNCC1CCCC1. The Labute approximate surface area is 68.1 Å². The summed E-state index contributed by atoms with van der Waals surface area (Å²) >= 11 is 5.52. The second-order valence-corrected chi connectivity index (χ2v) is 3.42. The predicted octanol–water partition coefficient (Wildman–Crippen LogP) is 2.00. The van der Waals surface area contributed by atoms with E-state index in [9.17, 15) is 0 Å². The van der Waals surface area contributed by atoms with Crippen LogP contribution in [0.25, 0.3) is 0 Å². The second kappa shape index (κ2) is 4.97. The highest BCUT2D eigenvalue weighted by atomic mass is 35.5. The van der Waals surface area contributed by atoms with Crippen LogP contribution in [0.15, 0.2) is 0 Å². The van der Waals surface area contributed by atoms with Crippen LogP contribution in [0.3, 0.4) is 0 Å². The van der Waals surface area contributed by atoms with Crippen molar-refractivity contribution in [2.75, 3.05) is 19.0 Å². The molecule has 2 heteroatoms. The molecule has 1 saturated carbocycles. The van der Waals surface area contributed by atoms with Gasteiger partial charge in [0, 0.05) is 12.4 Å². The first kappa shape index (κ1) is 8.35. The highest BCUT2D eigenvalue weighted by Crippen LogP contribution is 2.23. The molecule has 0 aliphatic heterocycles. The first-order chi connectivity index (χ1) is 4.93. The molecule has 1 aliphatic rings. The smallest absolute Gasteiger partial charge is 0.0348 e. The summed E-state index contributed by atoms with van der Waals surface area (Å²) in [5.74, 6) is 1.69. The van der Waals surface area contributed by atoms with Gasteiger partial charge in [0.2, 0.25) is 0 Å². The quantitative estimate of drug-likeness (QED) is 0.492. The third-order valence-corrected chi connectivity index (χ3v) is 2.37. The van der Waals surface area contributed by atoms with E-state index >= 15 is 0 Å². The maximum absolute atomic E-state index is 5.52. The van der Waals surface area contributed by atoms with Crippen LogP contribution in [-0.4, -0.2) is 19.0 Å². The minimum atomic E-state index is 0.743. The van der Waals surface area contributed by atoms with E-state index in [4.69, 9.17) is 11.6 Å². The monoisotopic (exact) mass is 161 g/mol. The van der Waals surface area contributed by atoms with Gasteiger partial charge in [-0.3, -0.25) is 0 Å². The Hall–Kier alpha value is 0.250. The van der Waals surface area contributed by atoms with E-state index in [0.29, 0.717) is 0 Å². The molecular weight excluding hydrogens is 146 g/mol. The van der Waals surface area contributed by atoms with Crippen molar-refractivity contribution in [2.24, 2.45) is 5.92 Å². The highest BCUT2D eigenvalue weighted by Gasteiger charge is 2.13. The third kappa shape index (κ3) is 2.89. The molecule has 1 fully saturated rings. The normalized spacial score (nSPS) is 20.1. The van der Waals surface area contributed by atoms with Gasteiger partial charge in [0.05, 0.1) is 0 Å². The van der Waals surface area contributed by atoms with Crippen LogP contribution in [0.2, 0.25) is 0 Å². The average Bonchev–Trinajstić information content (AvgIpc) is 2.41. The standard InChI is InChI=1S/C8H16ClN/c9-5-6-10-7-8-3-1-2-4-8/h8,10H,1-7H2. The third-order valence-electron chi connectivity index (χ3n) is 2.18. The molecule has 60 valence electrons. The van der Waals surface area contributed by atoms with Crippen molar-refractivity contribution in [1.29, 1.82) is 0 Å². The fourth-order valence-electron chi connectivity index (χ4n) is 1.59. The molecule has 0 saturated heterocycles. The molecule has 0 radical (unpaired) electrons. The fraction of sp³-hybridized carbons (Fsp3) is 1.00. The van der Waals surface area contributed by atoms with Crippen LogP contribution in [-0.2, 0) is 0 Å². The van der Waals surface area contributed by atoms with Gasteiger partial charge in [-0.05, 0) is 25.3 Å². The van der Waals surface area contributed by atoms with E-state index in [-0.39, 0.29) is 0 Å². The lowest BCUT2D eigenvalue weighted by atomic mass is 10.1. The summed E-state index contributed by atoms with van der Waals surface area (Å²) in [5.41, 5.74) is 0. The lowest BCUT2D eigenvalue weighted by molar-refractivity contribution is 0.499. The second-order valence-electron chi connectivity index (χ2n) is 3.04. The lowest BCUT2D eigenvalue weighted by Gasteiger charge is -2.08. The van der Waals surface area contributed by atoms with E-state index in [1.165, 1.54) is 32.2 Å². The van der Waals surface area contributed by atoms with Gasteiger partial charge < -0.3 is 5.32 Å². The van der Waals surface area contributed by atoms with Gasteiger partial charge in [0.1, 0.15) is 0 Å². The Morgan fingerprint density at radius 3 is 2.60 bits per heavy atom. The van der Waals surface area contributed by atoms with Crippen molar-refractivity contribution in [3.05, 3.63) is 0 Å². The topological polar surface area (TPSA) is 12.0 Å². The maximum atomic E-state index is 5.52. The largest absolute Gasteiger partial charge is 0.315 e. The van der Waals surface area contributed by atoms with Gasteiger partial charge in [0.15, 0.2) is 0 Å². The minimum Gasteiger partial charge on any atom is -0.315 e. The summed E-state index contributed by atoms with van der Waals surface area (Å²) in [4.78, 5) is 0. The fourth-order valence-corrected chi connectivity index (χ4v) is 1.72. The van der Waals surface area contributed by atoms with Crippen molar-refractivity contribution >= 4 is 11.6 Å². The molecule has 0 aromatic rings. The number of halogens is 1. The minimum absolute atomic E-state index is 0.743. The number of hydrogen-bond donors (Lipinski definition) is 1. The van der Waals surface area contributed by atoms with Gasteiger partial charge in [-0.25, -0.2) is 0 Å². The van der Waals surface area contributed by atoms with Crippen molar-refractivity contribution in [3.8, 4) is 0 Å². The zero-order valence-electron chi connectivity index (χ0n) is 6.41. The molecule has 0 aromatic carbocycles. The number of nitrogens with one attached hydrogen (secondary N) is 1. The highest BCUT2D eigenvalue weighted by molar-refractivity contribution is 6.18. The van der Waals surface area contributed by atoms with Gasteiger partial charge in [-0.2, -0.15) is 0 Å². The summed E-state index contributed by atoms with van der Waals surface area (Å²) in [6.07, 6.45) is 5.73. The Morgan fingerprint density at radius 1 is 1.30 bits per heavy atom. The average molecular weight is 162 g/mol. The Morgan fingerprint density at radius 2 is 2.00 bits per heavy atom. The summed E-state index contributed by atoms with van der Waals surface area (Å²) < 4.78 is 0. The van der Waals surface area contributed by atoms with Gasteiger partial charge in [0.25, 0.3) is 0 Å². The molecule has 10 heavy (non-hydrogen) atoms. The van der Waals surface area contributed by atoms with E-state index < -0.39 is 0 Å². The zero-order chi connectivity index (χ0) is 7.23. The molecule has 0 amide bonds. The van der Waals surface area contributed by atoms with Crippen LogP contribution in [0.1, 0.15) is 25.7 Å². The maximum Gasteiger partial charge on any atom is 0.0348 e. The molecule has 1 aliphatic carbocycles. The Bertz CT molecular complexity index is 79.3. The van der Waals surface area contributed by atoms with Gasteiger partial charge in [-0.15, -0.1) is 11.6 Å². The molecule has 0 unspecified atom stereocenters. The van der Waals surface area contributed by atoms with E-state index in [1.807, 2.05) is 0 Å². The van der Waals surface area contributed by atoms with Crippen LogP contribution in [0.4, 0.5) is 0 Å². The molecule has 0 heterocycles. The molecular formula is C8H16ClN. The van der Waals surface area contributed by atoms with Crippen LogP contribution < -0.4 is 5.32 Å². The van der Waals surface area contributed by atoms with Crippen LogP contribution >= 0.6 is 11.6 Å². The predicted molar refractivity (Wildman–Crippen MR) is 45.5 cm³/mol. The number of hydrogen-bond acceptors (Lipinski definition) is 1. The molecule has 0 atom stereocenters. The zero-order valence-corrected chi connectivity index (χ0v) is 7.16. The molecule has 1 N–H and O–H groups in total. The van der Waals surface area contributed by atoms with Crippen molar-refractivity contribution in [2.45, 2.75) is 25.7 Å². The van der Waals surface area contributed by atoms with E-state index in [2.05, 4.69) is 5.32 Å².